The van der Waals surface area contributed by atoms with Gasteiger partial charge in [0.2, 0.25) is 11.8 Å². The van der Waals surface area contributed by atoms with Gasteiger partial charge in [-0.25, -0.2) is 0 Å². The molecule has 0 saturated carbocycles. The molecule has 6 heteroatoms. The fourth-order valence-electron chi connectivity index (χ4n) is 1.76. The van der Waals surface area contributed by atoms with Crippen molar-refractivity contribution >= 4 is 17.7 Å². The number of hydrogen-bond acceptors (Lipinski definition) is 3. The molecule has 1 saturated heterocycles. The second-order valence-electron chi connectivity index (χ2n) is 4.06. The molecule has 5 nitrogen and oxygen atoms in total. The Morgan fingerprint density at radius 3 is 2.79 bits per heavy atom. The summed E-state index contributed by atoms with van der Waals surface area (Å²) in [7, 11) is 1.41. The van der Waals surface area contributed by atoms with Crippen LogP contribution in [0.2, 0.25) is 0 Å². The van der Waals surface area contributed by atoms with Crippen molar-refractivity contribution in [2.24, 2.45) is 0 Å². The number of carbonyl (C=O) groups is 3. The van der Waals surface area contributed by atoms with Crippen LogP contribution >= 0.6 is 0 Å². The van der Waals surface area contributed by atoms with Gasteiger partial charge in [-0.2, -0.15) is 0 Å². The number of imide groups is 1. The molecule has 1 aliphatic rings. The van der Waals surface area contributed by atoms with Crippen molar-refractivity contribution in [3.05, 3.63) is 41.2 Å². The van der Waals surface area contributed by atoms with Crippen LogP contribution in [-0.2, 0) is 30.7 Å². The number of carbonyl (C=O) groups excluding carboxylic acids is 3. The van der Waals surface area contributed by atoms with Gasteiger partial charge in [0.1, 0.15) is 0 Å². The summed E-state index contributed by atoms with van der Waals surface area (Å²) in [4.78, 5) is 35.9. The fourth-order valence-corrected chi connectivity index (χ4v) is 1.76. The van der Waals surface area contributed by atoms with E-state index in [0.717, 1.165) is 4.90 Å². The molecule has 1 aromatic rings. The van der Waals surface area contributed by atoms with Crippen LogP contribution in [0, 0.1) is 6.07 Å². The van der Waals surface area contributed by atoms with E-state index in [9.17, 15) is 14.4 Å². The van der Waals surface area contributed by atoms with E-state index in [4.69, 9.17) is 0 Å². The molecule has 1 unspecified atom stereocenters. The third kappa shape index (κ3) is 3.50. The largest absolute Gasteiger partial charge is 2.00 e. The molecule has 3 amide bonds. The summed E-state index contributed by atoms with van der Waals surface area (Å²) in [6.07, 6.45) is 0.531. The van der Waals surface area contributed by atoms with E-state index in [1.165, 1.54) is 7.05 Å². The van der Waals surface area contributed by atoms with Crippen LogP contribution in [0.25, 0.3) is 5.32 Å². The van der Waals surface area contributed by atoms with Crippen molar-refractivity contribution in [2.75, 3.05) is 7.05 Å². The number of benzene rings is 1. The van der Waals surface area contributed by atoms with Gasteiger partial charge in [-0.15, -0.1) is 35.9 Å². The van der Waals surface area contributed by atoms with Crippen molar-refractivity contribution in [3.8, 4) is 0 Å². The maximum absolute atomic E-state index is 11.8. The number of likely N-dealkylation sites (N-methyl/N-ethyl adjacent to an activating group) is 1. The first-order valence-corrected chi connectivity index (χ1v) is 5.62. The monoisotopic (exact) mass is 428 g/mol. The molecule has 1 aliphatic heterocycles. The van der Waals surface area contributed by atoms with Crippen LogP contribution in [0.1, 0.15) is 23.2 Å². The number of amides is 3. The van der Waals surface area contributed by atoms with Gasteiger partial charge in [0.05, 0.1) is 0 Å². The summed E-state index contributed by atoms with van der Waals surface area (Å²) < 4.78 is 0. The Bertz CT molecular complexity index is 490. The van der Waals surface area contributed by atoms with Crippen molar-refractivity contribution in [1.29, 1.82) is 0 Å². The minimum Gasteiger partial charge on any atom is -0.684 e. The first-order chi connectivity index (χ1) is 8.59. The summed E-state index contributed by atoms with van der Waals surface area (Å²) >= 11 is 0. The smallest absolute Gasteiger partial charge is 0.684 e. The molecular weight excluding hydrogens is 416 g/mol. The molecule has 0 N–H and O–H groups in total. The molecule has 1 fully saturated rings. The summed E-state index contributed by atoms with van der Waals surface area (Å²) in [5, 5.41) is 3.86. The number of hydrogen-bond donors (Lipinski definition) is 0. The summed E-state index contributed by atoms with van der Waals surface area (Å²) in [6.45, 7) is 0. The Hall–Kier alpha value is -1.48. The predicted molar refractivity (Wildman–Crippen MR) is 63.8 cm³/mol. The zero-order valence-electron chi connectivity index (χ0n) is 10.3. The Morgan fingerprint density at radius 2 is 2.16 bits per heavy atom. The predicted octanol–water partition coefficient (Wildman–Crippen LogP) is 1.15. The van der Waals surface area contributed by atoms with Gasteiger partial charge in [-0.3, -0.25) is 14.5 Å². The van der Waals surface area contributed by atoms with E-state index in [0.29, 0.717) is 12.0 Å². The second-order valence-corrected chi connectivity index (χ2v) is 4.06. The third-order valence-corrected chi connectivity index (χ3v) is 2.83. The van der Waals surface area contributed by atoms with Gasteiger partial charge in [0.15, 0.2) is 0 Å². The van der Waals surface area contributed by atoms with Crippen LogP contribution < -0.4 is 0 Å². The maximum Gasteiger partial charge on any atom is 2.00 e. The van der Waals surface area contributed by atoms with Gasteiger partial charge >= 0.3 is 21.1 Å². The Morgan fingerprint density at radius 1 is 1.42 bits per heavy atom. The number of rotatable bonds is 2. The zero-order chi connectivity index (χ0) is 13.1. The summed E-state index contributed by atoms with van der Waals surface area (Å²) in [5.41, 5.74) is 0.324. The molecule has 0 aromatic heterocycles. The topological polar surface area (TPSA) is 68.6 Å². The average molecular weight is 428 g/mol. The van der Waals surface area contributed by atoms with Gasteiger partial charge in [0, 0.05) is 13.5 Å². The van der Waals surface area contributed by atoms with E-state index in [2.05, 4.69) is 11.4 Å². The fraction of sp³-hybridized carbons (Fsp3) is 0.308. The van der Waals surface area contributed by atoms with Gasteiger partial charge in [-0.05, 0) is 18.4 Å². The Labute approximate surface area is 125 Å². The van der Waals surface area contributed by atoms with Crippen molar-refractivity contribution in [1.82, 2.24) is 4.90 Å². The third-order valence-electron chi connectivity index (χ3n) is 2.83. The molecule has 19 heavy (non-hydrogen) atoms. The van der Waals surface area contributed by atoms with Crippen LogP contribution in [0.3, 0.4) is 0 Å². The van der Waals surface area contributed by atoms with Crippen LogP contribution in [0.5, 0.6) is 0 Å². The van der Waals surface area contributed by atoms with E-state index >= 15 is 0 Å². The molecule has 0 radical (unpaired) electrons. The second kappa shape index (κ2) is 6.62. The van der Waals surface area contributed by atoms with Crippen LogP contribution in [-0.4, -0.2) is 35.7 Å². The minimum absolute atomic E-state index is 0. The molecule has 0 aliphatic carbocycles. The molecule has 2 rings (SSSR count). The van der Waals surface area contributed by atoms with E-state index in [1.54, 1.807) is 24.3 Å². The van der Waals surface area contributed by atoms with Crippen molar-refractivity contribution in [2.45, 2.75) is 18.9 Å². The van der Waals surface area contributed by atoms with Crippen molar-refractivity contribution < 1.29 is 35.4 Å². The summed E-state index contributed by atoms with van der Waals surface area (Å²) in [6, 6.07) is 8.66. The SMILES string of the molecule is CN1C(=O)CCC([N-]C(=O)c2[c-]cccc2)C1=O.[W+2]. The number of nitrogens with zero attached hydrogens (tertiary/aromatic N) is 2. The van der Waals surface area contributed by atoms with Gasteiger partial charge in [0.25, 0.3) is 0 Å². The van der Waals surface area contributed by atoms with E-state index in [1.807, 2.05) is 0 Å². The zero-order valence-corrected chi connectivity index (χ0v) is 13.3. The molecule has 1 aromatic carbocycles. The van der Waals surface area contributed by atoms with E-state index < -0.39 is 17.9 Å². The normalized spacial score (nSPS) is 18.8. The Balaban J connectivity index is 0.00000180. The van der Waals surface area contributed by atoms with Crippen LogP contribution in [0.15, 0.2) is 24.3 Å². The molecule has 1 heterocycles. The number of likely N-dealkylation sites (tertiary alicyclic amines) is 1. The van der Waals surface area contributed by atoms with Crippen LogP contribution in [0.4, 0.5) is 0 Å². The van der Waals surface area contributed by atoms with Crippen molar-refractivity contribution in [3.63, 3.8) is 0 Å². The molecular formula is C13H12N2O3W. The minimum atomic E-state index is -0.756. The average Bonchev–Trinajstić information content (AvgIpc) is 2.40. The first-order valence-electron chi connectivity index (χ1n) is 5.62. The Kier molecular flexibility index (Phi) is 5.42. The quantitative estimate of drug-likeness (QED) is 0.525. The maximum atomic E-state index is 11.8. The molecule has 0 spiro atoms. The molecule has 0 bridgehead atoms. The van der Waals surface area contributed by atoms with E-state index in [-0.39, 0.29) is 33.4 Å². The molecule has 98 valence electrons. The summed E-state index contributed by atoms with van der Waals surface area (Å²) in [5.74, 6) is -1.13. The van der Waals surface area contributed by atoms with Gasteiger partial charge < -0.3 is 10.1 Å². The van der Waals surface area contributed by atoms with Gasteiger partial charge in [-0.1, -0.05) is 0 Å². The number of piperidine rings is 1. The standard InChI is InChI=1S/C13H13N2O3.W/c1-15-11(16)8-7-10(13(15)18)14-12(17)9-5-3-2-4-6-9;/h2-5,10H,7-8H2,1H3,(H,14,17);/q-1;+2/p-1. The first kappa shape index (κ1) is 15.6. The molecule has 1 atom stereocenters.